The molecule has 25 heavy (non-hydrogen) atoms. The molecule has 0 fully saturated rings. The van der Waals surface area contributed by atoms with Crippen molar-refractivity contribution in [3.05, 3.63) is 64.1 Å². The number of thiazole rings is 1. The molecule has 0 aliphatic carbocycles. The summed E-state index contributed by atoms with van der Waals surface area (Å²) in [7, 11) is 0. The first-order valence-electron chi connectivity index (χ1n) is 8.17. The minimum absolute atomic E-state index is 0.226. The number of benzene rings is 1. The number of carbonyl (C=O) groups is 2. The summed E-state index contributed by atoms with van der Waals surface area (Å²) in [6.07, 6.45) is 3.23. The predicted molar refractivity (Wildman–Crippen MR) is 101 cm³/mol. The van der Waals surface area contributed by atoms with Crippen LogP contribution in [0.15, 0.2) is 48.7 Å². The number of aromatic nitrogens is 1. The van der Waals surface area contributed by atoms with Crippen molar-refractivity contribution in [1.82, 2.24) is 15.6 Å². The van der Waals surface area contributed by atoms with Gasteiger partial charge in [0.2, 0.25) is 5.91 Å². The highest BCUT2D eigenvalue weighted by Crippen LogP contribution is 2.11. The third-order valence-electron chi connectivity index (χ3n) is 3.71. The zero-order valence-electron chi connectivity index (χ0n) is 14.5. The van der Waals surface area contributed by atoms with E-state index in [0.717, 1.165) is 23.4 Å². The predicted octanol–water partition coefficient (Wildman–Crippen LogP) is 2.88. The summed E-state index contributed by atoms with van der Waals surface area (Å²) >= 11 is 1.30. The molecule has 6 heteroatoms. The van der Waals surface area contributed by atoms with Gasteiger partial charge in [0.05, 0.1) is 11.2 Å². The molecule has 1 atom stereocenters. The summed E-state index contributed by atoms with van der Waals surface area (Å²) < 4.78 is 0. The molecule has 2 aromatic rings. The van der Waals surface area contributed by atoms with Gasteiger partial charge < -0.3 is 10.6 Å². The van der Waals surface area contributed by atoms with Gasteiger partial charge in [-0.05, 0) is 32.3 Å². The Labute approximate surface area is 152 Å². The number of hydrogen-bond acceptors (Lipinski definition) is 4. The van der Waals surface area contributed by atoms with Crippen molar-refractivity contribution >= 4 is 23.2 Å². The Morgan fingerprint density at radius 2 is 2.00 bits per heavy atom. The van der Waals surface area contributed by atoms with Crippen LogP contribution >= 0.6 is 11.3 Å². The van der Waals surface area contributed by atoms with Crippen molar-refractivity contribution in [2.24, 2.45) is 0 Å². The zero-order chi connectivity index (χ0) is 18.2. The number of carbonyl (C=O) groups excluding carboxylic acids is 2. The molecule has 0 saturated carbocycles. The van der Waals surface area contributed by atoms with Crippen LogP contribution in [0.5, 0.6) is 0 Å². The van der Waals surface area contributed by atoms with Gasteiger partial charge in [-0.1, -0.05) is 42.5 Å². The second-order valence-corrected chi connectivity index (χ2v) is 7.13. The van der Waals surface area contributed by atoms with Crippen LogP contribution in [-0.4, -0.2) is 29.4 Å². The quantitative estimate of drug-likeness (QED) is 0.714. The average Bonchev–Trinajstić information content (AvgIpc) is 3.05. The van der Waals surface area contributed by atoms with E-state index in [1.54, 1.807) is 6.92 Å². The lowest BCUT2D eigenvalue weighted by molar-refractivity contribution is -0.122. The van der Waals surface area contributed by atoms with Crippen LogP contribution in [0.3, 0.4) is 0 Å². The number of amides is 2. The molecular weight excluding hydrogens is 334 g/mol. The topological polar surface area (TPSA) is 71.1 Å². The fourth-order valence-corrected chi connectivity index (χ4v) is 2.90. The van der Waals surface area contributed by atoms with E-state index in [9.17, 15) is 9.59 Å². The normalized spacial score (nSPS) is 11.6. The summed E-state index contributed by atoms with van der Waals surface area (Å²) in [6.45, 7) is 7.90. The van der Waals surface area contributed by atoms with Crippen LogP contribution in [-0.2, 0) is 11.2 Å². The standard InChI is InChI=1S/C19H23N3O2S/c1-13(9-10-16-7-5-4-6-8-16)11-21-18(23)14(2)22-19(24)17-12-20-15(3)25-17/h4-8,12,14H,1,9-11H2,2-3H3,(H,21,23)(H,22,24). The SMILES string of the molecule is C=C(CCc1ccccc1)CNC(=O)C(C)NC(=O)c1cnc(C)s1. The Kier molecular flexibility index (Phi) is 6.89. The molecule has 2 N–H and O–H groups in total. The lowest BCUT2D eigenvalue weighted by Gasteiger charge is -2.14. The fourth-order valence-electron chi connectivity index (χ4n) is 2.22. The molecular formula is C19H23N3O2S. The monoisotopic (exact) mass is 357 g/mol. The van der Waals surface area contributed by atoms with Gasteiger partial charge in [-0.25, -0.2) is 4.98 Å². The molecule has 0 saturated heterocycles. The van der Waals surface area contributed by atoms with Gasteiger partial charge in [0, 0.05) is 6.54 Å². The van der Waals surface area contributed by atoms with Crippen molar-refractivity contribution in [3.8, 4) is 0 Å². The number of nitrogens with zero attached hydrogens (tertiary/aromatic N) is 1. The van der Waals surface area contributed by atoms with Crippen LogP contribution in [0.1, 0.15) is 33.6 Å². The Morgan fingerprint density at radius 3 is 2.64 bits per heavy atom. The molecule has 0 radical (unpaired) electrons. The van der Waals surface area contributed by atoms with Crippen LogP contribution in [0.4, 0.5) is 0 Å². The lowest BCUT2D eigenvalue weighted by atomic mass is 10.1. The number of nitrogens with one attached hydrogen (secondary N) is 2. The molecule has 2 amide bonds. The third-order valence-corrected chi connectivity index (χ3v) is 4.62. The zero-order valence-corrected chi connectivity index (χ0v) is 15.4. The number of aryl methyl sites for hydroxylation is 2. The van der Waals surface area contributed by atoms with Gasteiger partial charge >= 0.3 is 0 Å². The van der Waals surface area contributed by atoms with Gasteiger partial charge in [-0.3, -0.25) is 9.59 Å². The van der Waals surface area contributed by atoms with E-state index < -0.39 is 6.04 Å². The van der Waals surface area contributed by atoms with Gasteiger partial charge in [-0.15, -0.1) is 11.3 Å². The van der Waals surface area contributed by atoms with Gasteiger partial charge in [0.1, 0.15) is 10.9 Å². The van der Waals surface area contributed by atoms with Crippen molar-refractivity contribution in [1.29, 1.82) is 0 Å². The van der Waals surface area contributed by atoms with E-state index in [-0.39, 0.29) is 11.8 Å². The largest absolute Gasteiger partial charge is 0.351 e. The van der Waals surface area contributed by atoms with Gasteiger partial charge in [0.15, 0.2) is 0 Å². The van der Waals surface area contributed by atoms with Gasteiger partial charge in [-0.2, -0.15) is 0 Å². The maximum absolute atomic E-state index is 12.1. The minimum atomic E-state index is -0.614. The summed E-state index contributed by atoms with van der Waals surface area (Å²) in [5, 5.41) is 6.31. The molecule has 132 valence electrons. The fraction of sp³-hybridized carbons (Fsp3) is 0.316. The highest BCUT2D eigenvalue weighted by molar-refractivity contribution is 7.13. The summed E-state index contributed by atoms with van der Waals surface area (Å²) in [5.74, 6) is -0.508. The first-order chi connectivity index (χ1) is 12.0. The molecule has 2 rings (SSSR count). The number of hydrogen-bond donors (Lipinski definition) is 2. The first-order valence-corrected chi connectivity index (χ1v) is 8.99. The molecule has 1 heterocycles. The van der Waals surface area contributed by atoms with Crippen LogP contribution in [0.25, 0.3) is 0 Å². The van der Waals surface area contributed by atoms with Crippen molar-refractivity contribution < 1.29 is 9.59 Å². The molecule has 5 nitrogen and oxygen atoms in total. The van der Waals surface area contributed by atoms with E-state index >= 15 is 0 Å². The highest BCUT2D eigenvalue weighted by atomic mass is 32.1. The summed E-state index contributed by atoms with van der Waals surface area (Å²) in [4.78, 5) is 28.7. The highest BCUT2D eigenvalue weighted by Gasteiger charge is 2.17. The molecule has 1 aromatic carbocycles. The van der Waals surface area contributed by atoms with E-state index in [2.05, 4.69) is 34.3 Å². The average molecular weight is 357 g/mol. The Balaban J connectivity index is 1.71. The van der Waals surface area contributed by atoms with E-state index in [0.29, 0.717) is 11.4 Å². The van der Waals surface area contributed by atoms with Crippen molar-refractivity contribution in [2.45, 2.75) is 32.7 Å². The minimum Gasteiger partial charge on any atom is -0.351 e. The molecule has 0 aliphatic rings. The smallest absolute Gasteiger partial charge is 0.263 e. The van der Waals surface area contributed by atoms with E-state index in [4.69, 9.17) is 0 Å². The van der Waals surface area contributed by atoms with Crippen molar-refractivity contribution in [2.75, 3.05) is 6.54 Å². The summed E-state index contributed by atoms with van der Waals surface area (Å²) in [5.41, 5.74) is 2.20. The Hall–Kier alpha value is -2.47. The van der Waals surface area contributed by atoms with Crippen LogP contribution in [0.2, 0.25) is 0 Å². The van der Waals surface area contributed by atoms with Crippen molar-refractivity contribution in [3.63, 3.8) is 0 Å². The second kappa shape index (κ2) is 9.13. The molecule has 0 spiro atoms. The lowest BCUT2D eigenvalue weighted by Crippen LogP contribution is -2.45. The Morgan fingerprint density at radius 1 is 1.28 bits per heavy atom. The first kappa shape index (κ1) is 18.9. The maximum Gasteiger partial charge on any atom is 0.263 e. The number of rotatable bonds is 8. The summed E-state index contributed by atoms with van der Waals surface area (Å²) in [6, 6.07) is 9.54. The Bertz CT molecular complexity index is 740. The molecule has 0 bridgehead atoms. The van der Waals surface area contributed by atoms with Crippen LogP contribution < -0.4 is 10.6 Å². The van der Waals surface area contributed by atoms with Crippen LogP contribution in [0, 0.1) is 6.92 Å². The third kappa shape index (κ3) is 6.15. The second-order valence-electron chi connectivity index (χ2n) is 5.89. The molecule has 0 aliphatic heterocycles. The maximum atomic E-state index is 12.1. The van der Waals surface area contributed by atoms with Gasteiger partial charge in [0.25, 0.3) is 5.91 Å². The molecule has 1 unspecified atom stereocenters. The van der Waals surface area contributed by atoms with E-state index in [1.165, 1.54) is 23.1 Å². The molecule has 1 aromatic heterocycles. The van der Waals surface area contributed by atoms with E-state index in [1.807, 2.05) is 25.1 Å².